The number of aryl methyl sites for hydroxylation is 1. The van der Waals surface area contributed by atoms with E-state index in [0.29, 0.717) is 11.9 Å². The molecule has 2 bridgehead atoms. The number of hydrogen-bond donors (Lipinski definition) is 2. The fourth-order valence-electron chi connectivity index (χ4n) is 5.09. The number of oxazole rings is 1. The second-order valence-electron chi connectivity index (χ2n) is 8.52. The Balaban J connectivity index is 1.32. The first-order valence-corrected chi connectivity index (χ1v) is 10.8. The molecule has 0 aliphatic carbocycles. The quantitative estimate of drug-likeness (QED) is 0.702. The van der Waals surface area contributed by atoms with E-state index >= 15 is 0 Å². The Morgan fingerprint density at radius 3 is 2.87 bits per heavy atom. The monoisotopic (exact) mass is 402 g/mol. The summed E-state index contributed by atoms with van der Waals surface area (Å²) in [5.41, 5.74) is 5.21. The molecule has 7 heteroatoms. The van der Waals surface area contributed by atoms with Gasteiger partial charge in [-0.3, -0.25) is 14.7 Å². The second kappa shape index (κ2) is 7.11. The molecule has 2 aromatic heterocycles. The third-order valence-electron chi connectivity index (χ3n) is 6.71. The summed E-state index contributed by atoms with van der Waals surface area (Å²) in [4.78, 5) is 12.0. The zero-order valence-corrected chi connectivity index (χ0v) is 17.1. The minimum Gasteiger partial charge on any atom is -0.432 e. The van der Waals surface area contributed by atoms with Crippen LogP contribution < -0.4 is 10.6 Å². The highest BCUT2D eigenvalue weighted by atomic mass is 16.3. The molecular weight excluding hydrogens is 376 g/mol. The standard InChI is InChI=1S/C23H26N6O/c1-15-4-2-3-5-17(15)20-21(29-12-13-30-23(29)27-20)18-6-9-24-22(25-18)26-19-14-28-10-7-16(19)8-11-28/h2-6,9,12-13,16,19,22,25-26H,7-8,10-11,14H2,1H3/t19-,22?/m1/s1. The van der Waals surface area contributed by atoms with Gasteiger partial charge in [0.1, 0.15) is 12.0 Å². The first-order valence-electron chi connectivity index (χ1n) is 10.8. The van der Waals surface area contributed by atoms with Gasteiger partial charge in [-0.2, -0.15) is 4.98 Å². The minimum atomic E-state index is -0.141. The highest BCUT2D eigenvalue weighted by Gasteiger charge is 2.35. The van der Waals surface area contributed by atoms with Crippen LogP contribution in [0.4, 0.5) is 0 Å². The highest BCUT2D eigenvalue weighted by molar-refractivity contribution is 5.89. The van der Waals surface area contributed by atoms with Crippen molar-refractivity contribution in [1.29, 1.82) is 0 Å². The Bertz CT molecular complexity index is 1130. The van der Waals surface area contributed by atoms with E-state index in [9.17, 15) is 0 Å². The Morgan fingerprint density at radius 2 is 2.07 bits per heavy atom. The van der Waals surface area contributed by atoms with Crippen molar-refractivity contribution in [2.75, 3.05) is 19.6 Å². The van der Waals surface area contributed by atoms with E-state index in [0.717, 1.165) is 35.1 Å². The van der Waals surface area contributed by atoms with Crippen LogP contribution in [0.15, 0.2) is 52.2 Å². The zero-order chi connectivity index (χ0) is 20.1. The molecule has 0 saturated carbocycles. The van der Waals surface area contributed by atoms with Gasteiger partial charge in [-0.05, 0) is 50.4 Å². The summed E-state index contributed by atoms with van der Waals surface area (Å²) in [5.74, 6) is 1.34. The molecule has 4 aliphatic heterocycles. The van der Waals surface area contributed by atoms with Crippen molar-refractivity contribution >= 4 is 17.8 Å². The lowest BCUT2D eigenvalue weighted by molar-refractivity contribution is 0.0663. The predicted molar refractivity (Wildman–Crippen MR) is 117 cm³/mol. The van der Waals surface area contributed by atoms with E-state index in [-0.39, 0.29) is 6.29 Å². The van der Waals surface area contributed by atoms with Crippen LogP contribution in [0.2, 0.25) is 0 Å². The Hall–Kier alpha value is -2.90. The number of hydrogen-bond acceptors (Lipinski definition) is 6. The van der Waals surface area contributed by atoms with Gasteiger partial charge in [-0.1, -0.05) is 24.3 Å². The number of benzene rings is 1. The van der Waals surface area contributed by atoms with E-state index in [1.54, 1.807) is 6.26 Å². The van der Waals surface area contributed by atoms with E-state index in [4.69, 9.17) is 9.40 Å². The van der Waals surface area contributed by atoms with Gasteiger partial charge in [0.25, 0.3) is 0 Å². The van der Waals surface area contributed by atoms with Crippen LogP contribution in [-0.2, 0) is 0 Å². The van der Waals surface area contributed by atoms with Gasteiger partial charge in [-0.25, -0.2) is 0 Å². The Morgan fingerprint density at radius 1 is 1.20 bits per heavy atom. The molecule has 3 fully saturated rings. The molecule has 0 radical (unpaired) electrons. The lowest BCUT2D eigenvalue weighted by Gasteiger charge is -2.46. The highest BCUT2D eigenvalue weighted by Crippen LogP contribution is 2.32. The number of rotatable bonds is 4. The van der Waals surface area contributed by atoms with Crippen molar-refractivity contribution in [3.05, 3.63) is 54.1 Å². The smallest absolute Gasteiger partial charge is 0.306 e. The maximum atomic E-state index is 5.62. The SMILES string of the molecule is Cc1ccccc1-c1nc2occn2c1C1=CC=NC(N[C@@H]2CN3CCC2CC3)N1. The lowest BCUT2D eigenvalue weighted by atomic mass is 9.84. The second-order valence-corrected chi connectivity index (χ2v) is 8.52. The summed E-state index contributed by atoms with van der Waals surface area (Å²) >= 11 is 0. The van der Waals surface area contributed by atoms with Gasteiger partial charge in [0.2, 0.25) is 0 Å². The van der Waals surface area contributed by atoms with E-state index in [1.807, 2.05) is 22.9 Å². The average Bonchev–Trinajstić information content (AvgIpc) is 3.36. The fraction of sp³-hybridized carbons (Fsp3) is 0.391. The first kappa shape index (κ1) is 17.9. The lowest BCUT2D eigenvalue weighted by Crippen LogP contribution is -2.60. The average molecular weight is 403 g/mol. The predicted octanol–water partition coefficient (Wildman–Crippen LogP) is 2.89. The van der Waals surface area contributed by atoms with Gasteiger partial charge in [0, 0.05) is 30.6 Å². The maximum Gasteiger partial charge on any atom is 0.306 e. The van der Waals surface area contributed by atoms with Crippen molar-refractivity contribution in [1.82, 2.24) is 24.9 Å². The van der Waals surface area contributed by atoms with Crippen molar-refractivity contribution in [3.63, 3.8) is 0 Å². The molecule has 0 spiro atoms. The third kappa shape index (κ3) is 2.97. The summed E-state index contributed by atoms with van der Waals surface area (Å²) in [7, 11) is 0. The molecule has 3 saturated heterocycles. The molecule has 2 N–H and O–H groups in total. The molecule has 7 rings (SSSR count). The van der Waals surface area contributed by atoms with Crippen LogP contribution in [0.1, 0.15) is 24.1 Å². The van der Waals surface area contributed by atoms with Gasteiger partial charge in [-0.15, -0.1) is 0 Å². The summed E-state index contributed by atoms with van der Waals surface area (Å²) in [5, 5.41) is 7.35. The number of nitrogens with one attached hydrogen (secondary N) is 2. The Labute approximate surface area is 175 Å². The zero-order valence-electron chi connectivity index (χ0n) is 17.1. The summed E-state index contributed by atoms with van der Waals surface area (Å²) in [6, 6.07) is 8.81. The van der Waals surface area contributed by atoms with Crippen LogP contribution >= 0.6 is 0 Å². The van der Waals surface area contributed by atoms with Gasteiger partial charge in [0.05, 0.1) is 11.4 Å². The number of piperidine rings is 3. The summed E-state index contributed by atoms with van der Waals surface area (Å²) in [6.07, 6.45) is 9.94. The van der Waals surface area contributed by atoms with Crippen molar-refractivity contribution in [2.45, 2.75) is 32.1 Å². The number of aromatic nitrogens is 2. The van der Waals surface area contributed by atoms with Crippen LogP contribution in [0.5, 0.6) is 0 Å². The third-order valence-corrected chi connectivity index (χ3v) is 6.71. The number of aliphatic imine (C=N–C) groups is 1. The topological polar surface area (TPSA) is 70.1 Å². The van der Waals surface area contributed by atoms with Crippen LogP contribution in [-0.4, -0.2) is 52.5 Å². The fourth-order valence-corrected chi connectivity index (χ4v) is 5.09. The van der Waals surface area contributed by atoms with Gasteiger partial charge in [0.15, 0.2) is 6.29 Å². The number of allylic oxidation sites excluding steroid dienone is 1. The molecule has 154 valence electrons. The first-order chi connectivity index (χ1) is 14.8. The molecule has 6 heterocycles. The number of nitrogens with zero attached hydrogens (tertiary/aromatic N) is 4. The molecule has 0 amide bonds. The van der Waals surface area contributed by atoms with E-state index in [1.165, 1.54) is 31.5 Å². The van der Waals surface area contributed by atoms with Gasteiger partial charge >= 0.3 is 5.84 Å². The number of imidazole rings is 1. The molecular formula is C23H26N6O. The largest absolute Gasteiger partial charge is 0.432 e. The van der Waals surface area contributed by atoms with E-state index in [2.05, 4.69) is 51.7 Å². The molecule has 4 aliphatic rings. The minimum absolute atomic E-state index is 0.141. The van der Waals surface area contributed by atoms with E-state index < -0.39 is 0 Å². The van der Waals surface area contributed by atoms with Crippen LogP contribution in [0.3, 0.4) is 0 Å². The molecule has 1 unspecified atom stereocenters. The van der Waals surface area contributed by atoms with Crippen LogP contribution in [0.25, 0.3) is 22.8 Å². The van der Waals surface area contributed by atoms with Gasteiger partial charge < -0.3 is 14.6 Å². The molecule has 2 atom stereocenters. The van der Waals surface area contributed by atoms with Crippen molar-refractivity contribution in [2.24, 2.45) is 10.9 Å². The molecule has 30 heavy (non-hydrogen) atoms. The number of fused-ring (bicyclic) bond motifs is 4. The molecule has 1 aromatic carbocycles. The summed E-state index contributed by atoms with van der Waals surface area (Å²) in [6.45, 7) is 5.71. The molecule has 7 nitrogen and oxygen atoms in total. The van der Waals surface area contributed by atoms with Crippen molar-refractivity contribution < 1.29 is 4.42 Å². The van der Waals surface area contributed by atoms with Crippen molar-refractivity contribution in [3.8, 4) is 11.3 Å². The maximum absolute atomic E-state index is 5.62. The van der Waals surface area contributed by atoms with Crippen LogP contribution in [0, 0.1) is 12.8 Å². The Kier molecular flexibility index (Phi) is 4.24. The molecule has 3 aromatic rings. The normalized spacial score (nSPS) is 28.0. The summed E-state index contributed by atoms with van der Waals surface area (Å²) < 4.78 is 7.62.